The van der Waals surface area contributed by atoms with Crippen molar-refractivity contribution in [2.24, 2.45) is 4.99 Å². The number of nitrogens with zero attached hydrogens (tertiary/aromatic N) is 3. The number of thiophene rings is 1. The second-order valence-corrected chi connectivity index (χ2v) is 7.17. The lowest BCUT2D eigenvalue weighted by molar-refractivity contribution is 0.248. The highest BCUT2D eigenvalue weighted by atomic mass is 32.1. The number of hydrogen-bond acceptors (Lipinski definition) is 5. The van der Waals surface area contributed by atoms with Crippen LogP contribution in [0.2, 0.25) is 0 Å². The Kier molecular flexibility index (Phi) is 7.27. The Balaban J connectivity index is 1.44. The smallest absolute Gasteiger partial charge is 0.191 e. The molecule has 0 saturated carbocycles. The molecular weight excluding hydrogens is 346 g/mol. The van der Waals surface area contributed by atoms with Gasteiger partial charge < -0.3 is 15.4 Å². The largest absolute Gasteiger partial charge is 0.490 e. The Morgan fingerprint density at radius 1 is 1.31 bits per heavy atom. The average molecular weight is 374 g/mol. The molecule has 2 aromatic rings. The second kappa shape index (κ2) is 10.1. The number of ether oxygens (including phenoxy) is 1. The van der Waals surface area contributed by atoms with Gasteiger partial charge >= 0.3 is 0 Å². The second-order valence-electron chi connectivity index (χ2n) is 6.19. The quantitative estimate of drug-likeness (QED) is 0.423. The summed E-state index contributed by atoms with van der Waals surface area (Å²) in [6.07, 6.45) is 6.04. The Hall–Kier alpha value is -2.12. The maximum Gasteiger partial charge on any atom is 0.191 e. The van der Waals surface area contributed by atoms with Gasteiger partial charge in [0.2, 0.25) is 0 Å². The highest BCUT2D eigenvalue weighted by Gasteiger charge is 2.24. The molecule has 0 bridgehead atoms. The molecular formula is C19H27N5OS. The summed E-state index contributed by atoms with van der Waals surface area (Å²) in [5, 5.41) is 8.93. The van der Waals surface area contributed by atoms with Crippen molar-refractivity contribution in [1.29, 1.82) is 0 Å². The van der Waals surface area contributed by atoms with Crippen LogP contribution in [0.15, 0.2) is 47.0 Å². The summed E-state index contributed by atoms with van der Waals surface area (Å²) in [5.74, 6) is 1.59. The molecule has 0 radical (unpaired) electrons. The van der Waals surface area contributed by atoms with Gasteiger partial charge in [-0.1, -0.05) is 6.07 Å². The minimum atomic E-state index is 0.405. The van der Waals surface area contributed by atoms with Crippen molar-refractivity contribution in [3.63, 3.8) is 0 Å². The van der Waals surface area contributed by atoms with E-state index in [0.717, 1.165) is 18.3 Å². The van der Waals surface area contributed by atoms with E-state index in [1.54, 1.807) is 19.4 Å². The molecule has 6 nitrogen and oxygen atoms in total. The van der Waals surface area contributed by atoms with E-state index in [-0.39, 0.29) is 0 Å². The van der Waals surface area contributed by atoms with Gasteiger partial charge in [0.15, 0.2) is 5.96 Å². The predicted molar refractivity (Wildman–Crippen MR) is 107 cm³/mol. The first-order chi connectivity index (χ1) is 12.9. The van der Waals surface area contributed by atoms with Crippen LogP contribution in [0.3, 0.4) is 0 Å². The SMILES string of the molecule is CN=C(NCCOc1cccnc1)NCC(c1cccs1)N1CCCC1. The zero-order chi connectivity index (χ0) is 18.0. The number of rotatable bonds is 8. The summed E-state index contributed by atoms with van der Waals surface area (Å²) in [6, 6.07) is 8.54. The maximum absolute atomic E-state index is 5.65. The molecule has 1 aliphatic rings. The van der Waals surface area contributed by atoms with Gasteiger partial charge in [0, 0.05) is 24.7 Å². The van der Waals surface area contributed by atoms with Crippen molar-refractivity contribution in [2.45, 2.75) is 18.9 Å². The van der Waals surface area contributed by atoms with E-state index < -0.39 is 0 Å². The Labute approximate surface area is 159 Å². The fraction of sp³-hybridized carbons (Fsp3) is 0.474. The van der Waals surface area contributed by atoms with Gasteiger partial charge in [0.1, 0.15) is 12.4 Å². The van der Waals surface area contributed by atoms with E-state index >= 15 is 0 Å². The number of hydrogen-bond donors (Lipinski definition) is 2. The number of guanidine groups is 1. The van der Waals surface area contributed by atoms with Crippen LogP contribution in [0.25, 0.3) is 0 Å². The standard InChI is InChI=1S/C19H27N5OS/c1-20-19(22-9-12-25-16-6-4-8-21-14-16)23-15-17(18-7-5-13-26-18)24-10-2-3-11-24/h4-8,13-14,17H,2-3,9-12,15H2,1H3,(H2,20,22,23). The monoisotopic (exact) mass is 373 g/mol. The molecule has 0 aromatic carbocycles. The molecule has 1 saturated heterocycles. The summed E-state index contributed by atoms with van der Waals surface area (Å²) >= 11 is 1.83. The zero-order valence-corrected chi connectivity index (χ0v) is 16.0. The first kappa shape index (κ1) is 18.7. The molecule has 0 spiro atoms. The minimum Gasteiger partial charge on any atom is -0.490 e. The average Bonchev–Trinajstić information content (AvgIpc) is 3.39. The van der Waals surface area contributed by atoms with Gasteiger partial charge in [-0.15, -0.1) is 11.3 Å². The number of aliphatic imine (C=N–C) groups is 1. The van der Waals surface area contributed by atoms with Gasteiger partial charge in [0.25, 0.3) is 0 Å². The topological polar surface area (TPSA) is 61.8 Å². The third kappa shape index (κ3) is 5.44. The summed E-state index contributed by atoms with van der Waals surface area (Å²) in [7, 11) is 1.80. The van der Waals surface area contributed by atoms with Gasteiger partial charge in [0.05, 0.1) is 18.8 Å². The summed E-state index contributed by atoms with van der Waals surface area (Å²) in [6.45, 7) is 4.45. The van der Waals surface area contributed by atoms with Gasteiger partial charge in [-0.05, 0) is 49.5 Å². The predicted octanol–water partition coefficient (Wildman–Crippen LogP) is 2.52. The van der Waals surface area contributed by atoms with Crippen LogP contribution in [0.1, 0.15) is 23.8 Å². The molecule has 1 atom stereocenters. The lowest BCUT2D eigenvalue weighted by Crippen LogP contribution is -2.43. The van der Waals surface area contributed by atoms with E-state index in [1.807, 2.05) is 23.5 Å². The number of aromatic nitrogens is 1. The molecule has 0 amide bonds. The fourth-order valence-electron chi connectivity index (χ4n) is 3.13. The van der Waals surface area contributed by atoms with Gasteiger partial charge in [-0.3, -0.25) is 14.9 Å². The molecule has 3 heterocycles. The van der Waals surface area contributed by atoms with Crippen LogP contribution in [-0.2, 0) is 0 Å². The van der Waals surface area contributed by atoms with Crippen LogP contribution in [-0.4, -0.2) is 55.7 Å². The zero-order valence-electron chi connectivity index (χ0n) is 15.2. The molecule has 2 N–H and O–H groups in total. The van der Waals surface area contributed by atoms with E-state index in [1.165, 1.54) is 30.8 Å². The third-order valence-electron chi connectivity index (χ3n) is 4.44. The number of pyridine rings is 1. The lowest BCUT2D eigenvalue weighted by atomic mass is 10.2. The van der Waals surface area contributed by atoms with Crippen molar-refractivity contribution < 1.29 is 4.74 Å². The highest BCUT2D eigenvalue weighted by molar-refractivity contribution is 7.10. The Morgan fingerprint density at radius 3 is 2.88 bits per heavy atom. The van der Waals surface area contributed by atoms with Crippen molar-refractivity contribution in [1.82, 2.24) is 20.5 Å². The van der Waals surface area contributed by atoms with Crippen LogP contribution >= 0.6 is 11.3 Å². The summed E-state index contributed by atoms with van der Waals surface area (Å²) < 4.78 is 5.65. The Bertz CT molecular complexity index is 656. The minimum absolute atomic E-state index is 0.405. The molecule has 3 rings (SSSR count). The van der Waals surface area contributed by atoms with E-state index in [9.17, 15) is 0 Å². The molecule has 1 aliphatic heterocycles. The molecule has 1 fully saturated rings. The third-order valence-corrected chi connectivity index (χ3v) is 5.41. The normalized spacial score (nSPS) is 16.4. The Morgan fingerprint density at radius 2 is 2.19 bits per heavy atom. The summed E-state index contributed by atoms with van der Waals surface area (Å²) in [4.78, 5) is 12.3. The van der Waals surface area contributed by atoms with E-state index in [2.05, 4.69) is 43.0 Å². The lowest BCUT2D eigenvalue weighted by Gasteiger charge is -2.27. The fourth-order valence-corrected chi connectivity index (χ4v) is 3.99. The molecule has 1 unspecified atom stereocenters. The van der Waals surface area contributed by atoms with Crippen LogP contribution in [0.5, 0.6) is 5.75 Å². The van der Waals surface area contributed by atoms with E-state index in [4.69, 9.17) is 4.74 Å². The molecule has 0 aliphatic carbocycles. The van der Waals surface area contributed by atoms with Gasteiger partial charge in [-0.25, -0.2) is 0 Å². The van der Waals surface area contributed by atoms with Crippen LogP contribution in [0.4, 0.5) is 0 Å². The molecule has 140 valence electrons. The molecule has 7 heteroatoms. The van der Waals surface area contributed by atoms with Crippen molar-refractivity contribution in [3.8, 4) is 5.75 Å². The molecule has 2 aromatic heterocycles. The van der Waals surface area contributed by atoms with Crippen molar-refractivity contribution >= 4 is 17.3 Å². The number of likely N-dealkylation sites (tertiary alicyclic amines) is 1. The van der Waals surface area contributed by atoms with Crippen LogP contribution < -0.4 is 15.4 Å². The molecule has 26 heavy (non-hydrogen) atoms. The number of nitrogens with one attached hydrogen (secondary N) is 2. The van der Waals surface area contributed by atoms with Crippen molar-refractivity contribution in [3.05, 3.63) is 46.9 Å². The van der Waals surface area contributed by atoms with Crippen LogP contribution in [0, 0.1) is 0 Å². The summed E-state index contributed by atoms with van der Waals surface area (Å²) in [5.41, 5.74) is 0. The maximum atomic E-state index is 5.65. The first-order valence-electron chi connectivity index (χ1n) is 9.11. The van der Waals surface area contributed by atoms with Gasteiger partial charge in [-0.2, -0.15) is 0 Å². The first-order valence-corrected chi connectivity index (χ1v) is 9.99. The van der Waals surface area contributed by atoms with E-state index in [0.29, 0.717) is 19.2 Å². The van der Waals surface area contributed by atoms with Crippen molar-refractivity contribution in [2.75, 3.05) is 39.8 Å². The highest BCUT2D eigenvalue weighted by Crippen LogP contribution is 2.27.